The quantitative estimate of drug-likeness (QED) is 0.834. The fourth-order valence-electron chi connectivity index (χ4n) is 3.08. The zero-order valence-electron chi connectivity index (χ0n) is 15.3. The Bertz CT molecular complexity index is 839. The third-order valence-electron chi connectivity index (χ3n) is 4.74. The highest BCUT2D eigenvalue weighted by molar-refractivity contribution is 5.99. The number of carbonyl (C=O) groups excluding carboxylic acids is 2. The van der Waals surface area contributed by atoms with Gasteiger partial charge in [-0.2, -0.15) is 0 Å². The van der Waals surface area contributed by atoms with Crippen LogP contribution >= 0.6 is 0 Å². The average molecular weight is 372 g/mol. The highest BCUT2D eigenvalue weighted by atomic mass is 19.1. The Morgan fingerprint density at radius 2 is 1.81 bits per heavy atom. The van der Waals surface area contributed by atoms with Crippen LogP contribution in [0.2, 0.25) is 0 Å². The number of anilines is 1. The molecule has 1 saturated carbocycles. The summed E-state index contributed by atoms with van der Waals surface area (Å²) in [6.45, 7) is 4.35. The van der Waals surface area contributed by atoms with Gasteiger partial charge in [0.1, 0.15) is 11.6 Å². The predicted molar refractivity (Wildman–Crippen MR) is 98.7 cm³/mol. The first kappa shape index (κ1) is 19.0. The van der Waals surface area contributed by atoms with E-state index in [0.29, 0.717) is 19.0 Å². The molecule has 0 aromatic heterocycles. The second kappa shape index (κ2) is 7.86. The minimum absolute atomic E-state index is 0.00318. The van der Waals surface area contributed by atoms with Crippen molar-refractivity contribution in [3.8, 4) is 0 Å². The monoisotopic (exact) mass is 372 g/mol. The van der Waals surface area contributed by atoms with Crippen molar-refractivity contribution in [2.24, 2.45) is 11.8 Å². The standard InChI is InChI=1S/C21H22F2N2O2/c1-13(2)25(12-14-6-4-3-5-7-14)21(27)17-11-16(17)20(26)24-19-9-8-15(22)10-18(19)23/h3-10,13,16-17H,11-12H2,1-2H3,(H,24,26). The lowest BCUT2D eigenvalue weighted by atomic mass is 10.1. The number of hydrogen-bond donors (Lipinski definition) is 1. The van der Waals surface area contributed by atoms with Crippen LogP contribution in [0.3, 0.4) is 0 Å². The van der Waals surface area contributed by atoms with Gasteiger partial charge in [0.05, 0.1) is 17.5 Å². The lowest BCUT2D eigenvalue weighted by Gasteiger charge is -2.27. The smallest absolute Gasteiger partial charge is 0.228 e. The minimum atomic E-state index is -0.834. The molecule has 1 N–H and O–H groups in total. The van der Waals surface area contributed by atoms with Gasteiger partial charge in [-0.25, -0.2) is 8.78 Å². The Kier molecular flexibility index (Phi) is 5.54. The summed E-state index contributed by atoms with van der Waals surface area (Å²) in [5, 5.41) is 2.45. The van der Waals surface area contributed by atoms with Crippen LogP contribution in [-0.4, -0.2) is 22.8 Å². The van der Waals surface area contributed by atoms with E-state index in [0.717, 1.165) is 11.6 Å². The zero-order valence-corrected chi connectivity index (χ0v) is 15.3. The Morgan fingerprint density at radius 3 is 2.44 bits per heavy atom. The first-order valence-electron chi connectivity index (χ1n) is 8.97. The summed E-state index contributed by atoms with van der Waals surface area (Å²) in [6.07, 6.45) is 0.436. The highest BCUT2D eigenvalue weighted by Gasteiger charge is 2.49. The second-order valence-corrected chi connectivity index (χ2v) is 7.11. The summed E-state index contributed by atoms with van der Waals surface area (Å²) in [4.78, 5) is 26.9. The van der Waals surface area contributed by atoms with E-state index >= 15 is 0 Å². The maximum atomic E-state index is 13.7. The van der Waals surface area contributed by atoms with Crippen LogP contribution in [0.4, 0.5) is 14.5 Å². The molecule has 3 rings (SSSR count). The van der Waals surface area contributed by atoms with E-state index in [2.05, 4.69) is 5.32 Å². The summed E-state index contributed by atoms with van der Waals surface area (Å²) in [7, 11) is 0. The summed E-state index contributed by atoms with van der Waals surface area (Å²) < 4.78 is 26.7. The summed E-state index contributed by atoms with van der Waals surface area (Å²) >= 11 is 0. The Balaban J connectivity index is 1.63. The van der Waals surface area contributed by atoms with Crippen molar-refractivity contribution in [3.05, 3.63) is 65.7 Å². The van der Waals surface area contributed by atoms with E-state index in [9.17, 15) is 18.4 Å². The van der Waals surface area contributed by atoms with Gasteiger partial charge in [-0.3, -0.25) is 9.59 Å². The van der Waals surface area contributed by atoms with Crippen LogP contribution in [0.25, 0.3) is 0 Å². The van der Waals surface area contributed by atoms with E-state index in [1.807, 2.05) is 44.2 Å². The SMILES string of the molecule is CC(C)N(Cc1ccccc1)C(=O)C1CC1C(=O)Nc1ccc(F)cc1F. The molecule has 1 aliphatic carbocycles. The molecule has 2 amide bonds. The van der Waals surface area contributed by atoms with Gasteiger partial charge in [0.25, 0.3) is 0 Å². The van der Waals surface area contributed by atoms with Gasteiger partial charge < -0.3 is 10.2 Å². The summed E-state index contributed by atoms with van der Waals surface area (Å²) in [6, 6.07) is 12.6. The van der Waals surface area contributed by atoms with Crippen molar-refractivity contribution in [1.29, 1.82) is 0 Å². The molecular formula is C21H22F2N2O2. The van der Waals surface area contributed by atoms with Crippen LogP contribution in [-0.2, 0) is 16.1 Å². The van der Waals surface area contributed by atoms with Crippen molar-refractivity contribution < 1.29 is 18.4 Å². The molecule has 6 heteroatoms. The number of benzene rings is 2. The molecule has 27 heavy (non-hydrogen) atoms. The fourth-order valence-corrected chi connectivity index (χ4v) is 3.08. The Morgan fingerprint density at radius 1 is 1.11 bits per heavy atom. The molecule has 0 saturated heterocycles. The van der Waals surface area contributed by atoms with Gasteiger partial charge in [-0.15, -0.1) is 0 Å². The lowest BCUT2D eigenvalue weighted by molar-refractivity contribution is -0.136. The van der Waals surface area contributed by atoms with E-state index in [1.165, 1.54) is 6.07 Å². The summed E-state index contributed by atoms with van der Waals surface area (Å²) in [5.74, 6) is -2.92. The number of rotatable bonds is 6. The maximum absolute atomic E-state index is 13.7. The van der Waals surface area contributed by atoms with Gasteiger partial charge in [0.15, 0.2) is 0 Å². The molecule has 0 bridgehead atoms. The molecule has 0 heterocycles. The molecule has 2 unspecified atom stereocenters. The first-order valence-corrected chi connectivity index (χ1v) is 8.97. The predicted octanol–water partition coefficient (Wildman–Crippen LogP) is 3.98. The van der Waals surface area contributed by atoms with E-state index in [4.69, 9.17) is 0 Å². The van der Waals surface area contributed by atoms with Crippen molar-refractivity contribution >= 4 is 17.5 Å². The van der Waals surface area contributed by atoms with Gasteiger partial charge in [0, 0.05) is 18.7 Å². The van der Waals surface area contributed by atoms with Crippen molar-refractivity contribution in [1.82, 2.24) is 4.90 Å². The largest absolute Gasteiger partial charge is 0.336 e. The number of halogens is 2. The summed E-state index contributed by atoms with van der Waals surface area (Å²) in [5.41, 5.74) is 0.944. The molecule has 4 nitrogen and oxygen atoms in total. The Hall–Kier alpha value is -2.76. The molecule has 0 aliphatic heterocycles. The van der Waals surface area contributed by atoms with Crippen LogP contribution in [0.15, 0.2) is 48.5 Å². The van der Waals surface area contributed by atoms with Gasteiger partial charge in [-0.1, -0.05) is 30.3 Å². The molecule has 1 fully saturated rings. The van der Waals surface area contributed by atoms with Crippen LogP contribution in [0.5, 0.6) is 0 Å². The molecule has 0 radical (unpaired) electrons. The third kappa shape index (κ3) is 4.51. The first-order chi connectivity index (χ1) is 12.9. The van der Waals surface area contributed by atoms with Crippen LogP contribution in [0, 0.1) is 23.5 Å². The molecule has 2 aromatic carbocycles. The van der Waals surface area contributed by atoms with Gasteiger partial charge in [-0.05, 0) is 38.0 Å². The number of nitrogens with zero attached hydrogens (tertiary/aromatic N) is 1. The molecule has 2 aromatic rings. The number of carbonyl (C=O) groups is 2. The van der Waals surface area contributed by atoms with Crippen LogP contribution < -0.4 is 5.32 Å². The Labute approximate surface area is 157 Å². The molecule has 0 spiro atoms. The van der Waals surface area contributed by atoms with E-state index < -0.39 is 29.4 Å². The second-order valence-electron chi connectivity index (χ2n) is 7.11. The average Bonchev–Trinajstić information content (AvgIpc) is 3.43. The molecular weight excluding hydrogens is 350 g/mol. The number of nitrogens with one attached hydrogen (secondary N) is 1. The van der Waals surface area contributed by atoms with Gasteiger partial charge >= 0.3 is 0 Å². The third-order valence-corrected chi connectivity index (χ3v) is 4.74. The van der Waals surface area contributed by atoms with Crippen LogP contribution in [0.1, 0.15) is 25.8 Å². The number of hydrogen-bond acceptors (Lipinski definition) is 2. The fraction of sp³-hybridized carbons (Fsp3) is 0.333. The zero-order chi connectivity index (χ0) is 19.6. The van der Waals surface area contributed by atoms with E-state index in [-0.39, 0.29) is 17.6 Å². The minimum Gasteiger partial charge on any atom is -0.336 e. The molecule has 1 aliphatic rings. The van der Waals surface area contributed by atoms with E-state index in [1.54, 1.807) is 4.90 Å². The van der Waals surface area contributed by atoms with Crippen molar-refractivity contribution in [2.45, 2.75) is 32.9 Å². The number of amides is 2. The maximum Gasteiger partial charge on any atom is 0.228 e. The highest BCUT2D eigenvalue weighted by Crippen LogP contribution is 2.41. The normalized spacial score (nSPS) is 18.3. The van der Waals surface area contributed by atoms with Gasteiger partial charge in [0.2, 0.25) is 11.8 Å². The van der Waals surface area contributed by atoms with Crippen molar-refractivity contribution in [2.75, 3.05) is 5.32 Å². The molecule has 142 valence electrons. The molecule has 2 atom stereocenters. The lowest BCUT2D eigenvalue weighted by Crippen LogP contribution is -2.38. The topological polar surface area (TPSA) is 49.4 Å². The van der Waals surface area contributed by atoms with Crippen molar-refractivity contribution in [3.63, 3.8) is 0 Å².